The first kappa shape index (κ1) is 13.9. The molecule has 2 unspecified atom stereocenters. The van der Waals surface area contributed by atoms with E-state index in [0.717, 1.165) is 16.5 Å². The standard InChI is InChI=1S/C19H16O4/c1-21-12-7-8-13-11(10-12)6-9-16-17(13)19(20)18-14(22-2)4-3-5-15(18)23-16/h3-10,15,18H,1-2H3. The highest BCUT2D eigenvalue weighted by Gasteiger charge is 2.41. The van der Waals surface area contributed by atoms with E-state index in [2.05, 4.69) is 0 Å². The molecule has 0 spiro atoms. The highest BCUT2D eigenvalue weighted by Crippen LogP contribution is 2.40. The molecule has 23 heavy (non-hydrogen) atoms. The molecule has 2 aromatic carbocycles. The van der Waals surface area contributed by atoms with Crippen LogP contribution in [0.25, 0.3) is 10.8 Å². The number of rotatable bonds is 2. The highest BCUT2D eigenvalue weighted by molar-refractivity contribution is 6.13. The van der Waals surface area contributed by atoms with Crippen molar-refractivity contribution in [3.63, 3.8) is 0 Å². The molecule has 116 valence electrons. The second kappa shape index (κ2) is 5.16. The topological polar surface area (TPSA) is 44.8 Å². The summed E-state index contributed by atoms with van der Waals surface area (Å²) in [5.41, 5.74) is 0.615. The van der Waals surface area contributed by atoms with Crippen LogP contribution in [-0.4, -0.2) is 26.1 Å². The quantitative estimate of drug-likeness (QED) is 0.851. The first-order chi connectivity index (χ1) is 11.2. The van der Waals surface area contributed by atoms with Gasteiger partial charge in [0, 0.05) is 0 Å². The average Bonchev–Trinajstić information content (AvgIpc) is 2.60. The van der Waals surface area contributed by atoms with Gasteiger partial charge in [-0.2, -0.15) is 0 Å². The number of allylic oxidation sites excluding steroid dienone is 2. The van der Waals surface area contributed by atoms with Crippen LogP contribution in [0.3, 0.4) is 0 Å². The van der Waals surface area contributed by atoms with Gasteiger partial charge in [0.1, 0.15) is 29.3 Å². The first-order valence-electron chi connectivity index (χ1n) is 7.47. The molecule has 0 saturated carbocycles. The molecule has 0 radical (unpaired) electrons. The lowest BCUT2D eigenvalue weighted by atomic mass is 9.83. The van der Waals surface area contributed by atoms with Crippen LogP contribution in [0.5, 0.6) is 11.5 Å². The molecule has 0 saturated heterocycles. The van der Waals surface area contributed by atoms with Gasteiger partial charge in [-0.05, 0) is 47.2 Å². The van der Waals surface area contributed by atoms with E-state index in [1.54, 1.807) is 14.2 Å². The Bertz CT molecular complexity index is 863. The van der Waals surface area contributed by atoms with Crippen LogP contribution in [0, 0.1) is 5.92 Å². The van der Waals surface area contributed by atoms with E-state index in [1.165, 1.54) is 0 Å². The fraction of sp³-hybridized carbons (Fsp3) is 0.211. The molecular formula is C19H16O4. The van der Waals surface area contributed by atoms with Crippen molar-refractivity contribution in [2.75, 3.05) is 14.2 Å². The summed E-state index contributed by atoms with van der Waals surface area (Å²) in [5, 5.41) is 1.82. The molecule has 4 heteroatoms. The van der Waals surface area contributed by atoms with Gasteiger partial charge in [-0.1, -0.05) is 12.1 Å². The molecular weight excluding hydrogens is 292 g/mol. The van der Waals surface area contributed by atoms with Crippen molar-refractivity contribution in [1.82, 2.24) is 0 Å². The normalized spacial score (nSPS) is 22.0. The Morgan fingerprint density at radius 1 is 1.09 bits per heavy atom. The van der Waals surface area contributed by atoms with E-state index in [-0.39, 0.29) is 11.9 Å². The lowest BCUT2D eigenvalue weighted by Crippen LogP contribution is -2.39. The molecule has 2 atom stereocenters. The fourth-order valence-corrected chi connectivity index (χ4v) is 3.29. The summed E-state index contributed by atoms with van der Waals surface area (Å²) in [6.45, 7) is 0. The Morgan fingerprint density at radius 2 is 1.96 bits per heavy atom. The van der Waals surface area contributed by atoms with Crippen molar-refractivity contribution < 1.29 is 19.0 Å². The number of carbonyl (C=O) groups excluding carboxylic acids is 1. The lowest BCUT2D eigenvalue weighted by Gasteiger charge is -2.33. The number of Topliss-reactive ketones (excluding diaryl/α,β-unsaturated/α-hetero) is 1. The van der Waals surface area contributed by atoms with Gasteiger partial charge in [-0.25, -0.2) is 0 Å². The summed E-state index contributed by atoms with van der Waals surface area (Å²) in [6, 6.07) is 9.48. The van der Waals surface area contributed by atoms with E-state index < -0.39 is 5.92 Å². The molecule has 0 N–H and O–H groups in total. The van der Waals surface area contributed by atoms with Crippen LogP contribution in [0.2, 0.25) is 0 Å². The highest BCUT2D eigenvalue weighted by atomic mass is 16.5. The zero-order chi connectivity index (χ0) is 16.0. The molecule has 1 heterocycles. The minimum atomic E-state index is -0.426. The SMILES string of the molecule is COC1=CC=CC2Oc3ccc4cc(OC)ccc4c3C(=O)C12. The number of fused-ring (bicyclic) bond motifs is 4. The van der Waals surface area contributed by atoms with Crippen LogP contribution < -0.4 is 9.47 Å². The van der Waals surface area contributed by atoms with E-state index in [9.17, 15) is 4.79 Å². The molecule has 1 aliphatic heterocycles. The number of hydrogen-bond acceptors (Lipinski definition) is 4. The summed E-state index contributed by atoms with van der Waals surface area (Å²) in [5.74, 6) is 1.63. The first-order valence-corrected chi connectivity index (χ1v) is 7.47. The smallest absolute Gasteiger partial charge is 0.181 e. The molecule has 0 fully saturated rings. The van der Waals surface area contributed by atoms with Crippen LogP contribution in [0.15, 0.2) is 54.3 Å². The third kappa shape index (κ3) is 2.02. The average molecular weight is 308 g/mol. The summed E-state index contributed by atoms with van der Waals surface area (Å²) in [6.07, 6.45) is 5.27. The third-order valence-electron chi connectivity index (χ3n) is 4.41. The molecule has 1 aliphatic carbocycles. The van der Waals surface area contributed by atoms with Crippen LogP contribution in [0.1, 0.15) is 10.4 Å². The predicted octanol–water partition coefficient (Wildman–Crippen LogP) is 3.51. The summed E-state index contributed by atoms with van der Waals surface area (Å²) in [7, 11) is 3.21. The minimum Gasteiger partial charge on any atom is -0.500 e. The third-order valence-corrected chi connectivity index (χ3v) is 4.41. The number of carbonyl (C=O) groups is 1. The maximum atomic E-state index is 13.1. The molecule has 4 nitrogen and oxygen atoms in total. The van der Waals surface area contributed by atoms with Gasteiger partial charge < -0.3 is 14.2 Å². The number of hydrogen-bond donors (Lipinski definition) is 0. The maximum Gasteiger partial charge on any atom is 0.181 e. The van der Waals surface area contributed by atoms with Crippen LogP contribution >= 0.6 is 0 Å². The number of ketones is 1. The van der Waals surface area contributed by atoms with Crippen molar-refractivity contribution in [3.05, 3.63) is 59.9 Å². The van der Waals surface area contributed by atoms with Gasteiger partial charge in [-0.15, -0.1) is 0 Å². The van der Waals surface area contributed by atoms with Gasteiger partial charge in [-0.3, -0.25) is 4.79 Å². The van der Waals surface area contributed by atoms with E-state index >= 15 is 0 Å². The van der Waals surface area contributed by atoms with E-state index in [4.69, 9.17) is 14.2 Å². The molecule has 4 rings (SSSR count). The number of methoxy groups -OCH3 is 2. The summed E-state index contributed by atoms with van der Waals surface area (Å²) in [4.78, 5) is 13.1. The molecule has 0 bridgehead atoms. The predicted molar refractivity (Wildman–Crippen MR) is 87.0 cm³/mol. The van der Waals surface area contributed by atoms with Gasteiger partial charge in [0.05, 0.1) is 19.8 Å². The van der Waals surface area contributed by atoms with Gasteiger partial charge >= 0.3 is 0 Å². The van der Waals surface area contributed by atoms with Crippen molar-refractivity contribution in [1.29, 1.82) is 0 Å². The Labute approximate surface area is 134 Å². The number of benzene rings is 2. The maximum absolute atomic E-state index is 13.1. The summed E-state index contributed by atoms with van der Waals surface area (Å²) >= 11 is 0. The molecule has 2 aromatic rings. The second-order valence-corrected chi connectivity index (χ2v) is 5.61. The van der Waals surface area contributed by atoms with Crippen molar-refractivity contribution in [3.8, 4) is 11.5 Å². The van der Waals surface area contributed by atoms with Crippen LogP contribution in [0.4, 0.5) is 0 Å². The van der Waals surface area contributed by atoms with Crippen molar-refractivity contribution in [2.24, 2.45) is 5.92 Å². The largest absolute Gasteiger partial charge is 0.500 e. The van der Waals surface area contributed by atoms with E-state index in [1.807, 2.05) is 48.6 Å². The van der Waals surface area contributed by atoms with Crippen molar-refractivity contribution >= 4 is 16.6 Å². The Morgan fingerprint density at radius 3 is 2.74 bits per heavy atom. The van der Waals surface area contributed by atoms with Crippen molar-refractivity contribution in [2.45, 2.75) is 6.10 Å². The zero-order valence-corrected chi connectivity index (χ0v) is 12.9. The second-order valence-electron chi connectivity index (χ2n) is 5.61. The van der Waals surface area contributed by atoms with Gasteiger partial charge in [0.25, 0.3) is 0 Å². The van der Waals surface area contributed by atoms with Gasteiger partial charge in [0.15, 0.2) is 5.78 Å². The lowest BCUT2D eigenvalue weighted by molar-refractivity contribution is 0.0700. The Balaban J connectivity index is 1.91. The Kier molecular flexibility index (Phi) is 3.11. The fourth-order valence-electron chi connectivity index (χ4n) is 3.29. The zero-order valence-electron chi connectivity index (χ0n) is 12.9. The van der Waals surface area contributed by atoms with E-state index in [0.29, 0.717) is 17.1 Å². The van der Waals surface area contributed by atoms with Crippen LogP contribution in [-0.2, 0) is 4.74 Å². The summed E-state index contributed by atoms with van der Waals surface area (Å²) < 4.78 is 16.7. The molecule has 0 amide bonds. The monoisotopic (exact) mass is 308 g/mol. The molecule has 0 aromatic heterocycles. The molecule has 2 aliphatic rings. The number of ether oxygens (including phenoxy) is 3. The Hall–Kier alpha value is -2.75. The minimum absolute atomic E-state index is 0.0319. The van der Waals surface area contributed by atoms with Gasteiger partial charge in [0.2, 0.25) is 0 Å².